The van der Waals surface area contributed by atoms with E-state index in [0.717, 1.165) is 5.71 Å². The number of carbonyl (C=O) groups excluding carboxylic acids is 2. The maximum atomic E-state index is 12.1. The molecule has 1 aromatic carbocycles. The minimum Gasteiger partial charge on any atom is -0.493 e. The minimum atomic E-state index is -0.380. The molecule has 1 heterocycles. The first-order valence-corrected chi connectivity index (χ1v) is 9.24. The molecule has 0 spiro atoms. The summed E-state index contributed by atoms with van der Waals surface area (Å²) in [5, 5.41) is 9.64. The molecule has 0 aliphatic carbocycles. The van der Waals surface area contributed by atoms with Gasteiger partial charge in [0.2, 0.25) is 11.8 Å². The van der Waals surface area contributed by atoms with Crippen molar-refractivity contribution in [1.82, 2.24) is 5.32 Å². The standard InChI is InChI=1S/C16H22N4O4S/c1-11(19-20-25-9-16(22)17-10-25)4-7-15(21)18-12-5-6-13(23-2)14(8-12)24-3/h5-6,8H,4,7,9-10H2,1-3H3,(H,17,22)(H,18,21)/b19-11+. The Bertz CT molecular complexity index is 718. The van der Waals surface area contributed by atoms with Gasteiger partial charge in [-0.15, -0.1) is 4.47 Å². The third kappa shape index (κ3) is 5.86. The Labute approximate surface area is 149 Å². The Morgan fingerprint density at radius 2 is 2.04 bits per heavy atom. The molecular weight excluding hydrogens is 344 g/mol. The summed E-state index contributed by atoms with van der Waals surface area (Å²) in [5.41, 5.74) is 1.40. The molecule has 0 bridgehead atoms. The minimum absolute atomic E-state index is 0.00855. The van der Waals surface area contributed by atoms with E-state index in [-0.39, 0.29) is 22.5 Å². The number of rotatable bonds is 7. The van der Waals surface area contributed by atoms with Crippen LogP contribution in [0.2, 0.25) is 0 Å². The summed E-state index contributed by atoms with van der Waals surface area (Å²) in [5.74, 6) is 1.99. The predicted molar refractivity (Wildman–Crippen MR) is 98.2 cm³/mol. The summed E-state index contributed by atoms with van der Waals surface area (Å²) in [4.78, 5) is 23.1. The van der Waals surface area contributed by atoms with Gasteiger partial charge in [-0.3, -0.25) is 9.59 Å². The van der Waals surface area contributed by atoms with Crippen molar-refractivity contribution in [3.8, 4) is 11.5 Å². The maximum absolute atomic E-state index is 12.1. The van der Waals surface area contributed by atoms with Crippen LogP contribution in [-0.2, 0) is 20.3 Å². The van der Waals surface area contributed by atoms with Crippen LogP contribution in [0, 0.1) is 0 Å². The Morgan fingerprint density at radius 3 is 2.68 bits per heavy atom. The molecule has 1 aliphatic rings. The highest BCUT2D eigenvalue weighted by atomic mass is 32.2. The average Bonchev–Trinajstić information content (AvgIpc) is 3.03. The zero-order chi connectivity index (χ0) is 18.2. The molecule has 8 nitrogen and oxygen atoms in total. The second-order valence-electron chi connectivity index (χ2n) is 5.39. The first-order chi connectivity index (χ1) is 12.0. The van der Waals surface area contributed by atoms with Crippen molar-refractivity contribution < 1.29 is 19.1 Å². The van der Waals surface area contributed by atoms with Crippen molar-refractivity contribution in [3.05, 3.63) is 18.2 Å². The molecule has 0 saturated carbocycles. The van der Waals surface area contributed by atoms with Crippen LogP contribution in [-0.4, -0.2) is 43.4 Å². The first-order valence-electron chi connectivity index (χ1n) is 7.72. The molecule has 1 unspecified atom stereocenters. The van der Waals surface area contributed by atoms with Crippen LogP contribution in [0.4, 0.5) is 5.69 Å². The smallest absolute Gasteiger partial charge is 0.231 e. The van der Waals surface area contributed by atoms with Gasteiger partial charge in [-0.2, -0.15) is 5.10 Å². The van der Waals surface area contributed by atoms with Crippen LogP contribution < -0.4 is 20.1 Å². The van der Waals surface area contributed by atoms with Crippen molar-refractivity contribution in [2.75, 3.05) is 31.2 Å². The average molecular weight is 366 g/mol. The number of hydrogen-bond donors (Lipinski definition) is 2. The number of benzene rings is 1. The van der Waals surface area contributed by atoms with Crippen LogP contribution in [0.3, 0.4) is 0 Å². The second kappa shape index (κ2) is 9.16. The van der Waals surface area contributed by atoms with E-state index in [1.807, 2.05) is 6.92 Å². The molecule has 1 fully saturated rings. The predicted octanol–water partition coefficient (Wildman–Crippen LogP) is 1.69. The molecule has 9 heteroatoms. The maximum Gasteiger partial charge on any atom is 0.231 e. The van der Waals surface area contributed by atoms with Gasteiger partial charge in [0.05, 0.1) is 25.8 Å². The fourth-order valence-electron chi connectivity index (χ4n) is 2.08. The highest BCUT2D eigenvalue weighted by Gasteiger charge is 2.14. The van der Waals surface area contributed by atoms with Crippen LogP contribution in [0.15, 0.2) is 27.8 Å². The van der Waals surface area contributed by atoms with E-state index in [0.29, 0.717) is 41.7 Å². The largest absolute Gasteiger partial charge is 0.493 e. The quantitative estimate of drug-likeness (QED) is 0.566. The highest BCUT2D eigenvalue weighted by Crippen LogP contribution is 2.29. The third-order valence-electron chi connectivity index (χ3n) is 3.44. The molecule has 2 rings (SSSR count). The summed E-state index contributed by atoms with van der Waals surface area (Å²) in [7, 11) is 2.72. The monoisotopic (exact) mass is 366 g/mol. The van der Waals surface area contributed by atoms with Gasteiger partial charge in [0, 0.05) is 23.9 Å². The number of nitrogens with one attached hydrogen (secondary N) is 2. The number of carbonyl (C=O) groups is 2. The second-order valence-corrected chi connectivity index (χ2v) is 7.05. The highest BCUT2D eigenvalue weighted by molar-refractivity contribution is 7.88. The van der Waals surface area contributed by atoms with Crippen molar-refractivity contribution in [2.45, 2.75) is 19.8 Å². The summed E-state index contributed by atoms with van der Waals surface area (Å²) >= 11 is 0. The van der Waals surface area contributed by atoms with Crippen LogP contribution in [0.25, 0.3) is 0 Å². The Kier molecular flexibility index (Phi) is 6.93. The third-order valence-corrected chi connectivity index (χ3v) is 4.83. The van der Waals surface area contributed by atoms with E-state index < -0.39 is 0 Å². The number of ether oxygens (including phenoxy) is 2. The Hall–Kier alpha value is -2.42. The van der Waals surface area contributed by atoms with E-state index in [1.165, 1.54) is 0 Å². The molecule has 1 aromatic rings. The lowest BCUT2D eigenvalue weighted by atomic mass is 10.2. The molecule has 0 radical (unpaired) electrons. The van der Waals surface area contributed by atoms with E-state index in [1.54, 1.807) is 32.4 Å². The fourth-order valence-corrected chi connectivity index (χ4v) is 3.29. The number of methoxy groups -OCH3 is 2. The lowest BCUT2D eigenvalue weighted by Crippen LogP contribution is -2.14. The van der Waals surface area contributed by atoms with Gasteiger partial charge >= 0.3 is 0 Å². The zero-order valence-corrected chi connectivity index (χ0v) is 15.3. The van der Waals surface area contributed by atoms with Crippen molar-refractivity contribution in [1.29, 1.82) is 0 Å². The summed E-state index contributed by atoms with van der Waals surface area (Å²) < 4.78 is 14.5. The lowest BCUT2D eigenvalue weighted by molar-refractivity contribution is -0.118. The zero-order valence-electron chi connectivity index (χ0n) is 14.5. The van der Waals surface area contributed by atoms with E-state index in [2.05, 4.69) is 20.2 Å². The molecule has 136 valence electrons. The molecule has 0 aromatic heterocycles. The summed E-state index contributed by atoms with van der Waals surface area (Å²) in [6, 6.07) is 5.19. The number of amides is 2. The van der Waals surface area contributed by atoms with Crippen LogP contribution >= 0.6 is 0 Å². The molecule has 25 heavy (non-hydrogen) atoms. The van der Waals surface area contributed by atoms with Gasteiger partial charge in [0.25, 0.3) is 0 Å². The number of nitrogens with zero attached hydrogens (tertiary/aromatic N) is 2. The van der Waals surface area contributed by atoms with Gasteiger partial charge in [-0.05, 0) is 36.2 Å². The van der Waals surface area contributed by atoms with E-state index in [9.17, 15) is 9.59 Å². The summed E-state index contributed by atoms with van der Waals surface area (Å²) in [6.07, 6.45) is 0.797. The molecular formula is C16H22N4O4S. The topological polar surface area (TPSA) is 101 Å². The van der Waals surface area contributed by atoms with Crippen molar-refractivity contribution in [2.24, 2.45) is 9.57 Å². The molecule has 1 atom stereocenters. The fraction of sp³-hybridized carbons (Fsp3) is 0.438. The number of anilines is 1. The van der Waals surface area contributed by atoms with Gasteiger partial charge in [0.15, 0.2) is 11.5 Å². The molecule has 1 saturated heterocycles. The molecule has 2 N–H and O–H groups in total. The number of hydrogen-bond acceptors (Lipinski definition) is 5. The molecule has 2 amide bonds. The Morgan fingerprint density at radius 1 is 1.28 bits per heavy atom. The molecule has 1 aliphatic heterocycles. The van der Waals surface area contributed by atoms with Crippen molar-refractivity contribution in [3.63, 3.8) is 0 Å². The summed E-state index contributed by atoms with van der Waals surface area (Å²) in [6.45, 7) is 1.82. The van der Waals surface area contributed by atoms with E-state index in [4.69, 9.17) is 9.47 Å². The first kappa shape index (κ1) is 18.9. The van der Waals surface area contributed by atoms with E-state index >= 15 is 0 Å². The van der Waals surface area contributed by atoms with Crippen molar-refractivity contribution >= 4 is 33.9 Å². The SMILES string of the molecule is COc1ccc(NC(=O)CC/C(C)=N/N=S2\CNC(=O)C2)cc1OC. The van der Waals surface area contributed by atoms with Gasteiger partial charge in [-0.1, -0.05) is 0 Å². The van der Waals surface area contributed by atoms with Gasteiger partial charge in [-0.25, -0.2) is 0 Å². The lowest BCUT2D eigenvalue weighted by Gasteiger charge is -2.10. The normalized spacial score (nSPS) is 17.3. The van der Waals surface area contributed by atoms with Gasteiger partial charge < -0.3 is 20.1 Å². The van der Waals surface area contributed by atoms with Crippen LogP contribution in [0.5, 0.6) is 11.5 Å². The van der Waals surface area contributed by atoms with Crippen LogP contribution in [0.1, 0.15) is 19.8 Å². The van der Waals surface area contributed by atoms with Gasteiger partial charge in [0.1, 0.15) is 0 Å². The Balaban J connectivity index is 1.85.